The van der Waals surface area contributed by atoms with Gasteiger partial charge in [-0.05, 0) is 13.8 Å². The smallest absolute Gasteiger partial charge is 0.210 e. The van der Waals surface area contributed by atoms with Gasteiger partial charge >= 0.3 is 0 Å². The molecule has 1 fully saturated rings. The van der Waals surface area contributed by atoms with Crippen molar-refractivity contribution in [3.05, 3.63) is 0 Å². The van der Waals surface area contributed by atoms with Crippen molar-refractivity contribution in [1.29, 1.82) is 0 Å². The summed E-state index contributed by atoms with van der Waals surface area (Å²) in [5.74, 6) is 0. The minimum Gasteiger partial charge on any atom is -0.394 e. The number of nitrogens with zero attached hydrogens (tertiary/aromatic N) is 1. The van der Waals surface area contributed by atoms with Gasteiger partial charge in [-0.15, -0.1) is 0 Å². The molecule has 0 radical (unpaired) electrons. The van der Waals surface area contributed by atoms with Gasteiger partial charge in [0.25, 0.3) is 0 Å². The molecule has 0 aromatic rings. The van der Waals surface area contributed by atoms with E-state index in [0.29, 0.717) is 13.2 Å². The molecular formula is C8H15NO3. The molecule has 0 aromatic carbocycles. The maximum absolute atomic E-state index is 10.6. The van der Waals surface area contributed by atoms with Gasteiger partial charge in [0.2, 0.25) is 6.41 Å². The Morgan fingerprint density at radius 1 is 1.83 bits per heavy atom. The second kappa shape index (κ2) is 3.41. The van der Waals surface area contributed by atoms with Crippen molar-refractivity contribution in [3.63, 3.8) is 0 Å². The Morgan fingerprint density at radius 2 is 2.50 bits per heavy atom. The van der Waals surface area contributed by atoms with Crippen LogP contribution in [0.5, 0.6) is 0 Å². The molecule has 1 aliphatic rings. The van der Waals surface area contributed by atoms with Crippen LogP contribution in [0.1, 0.15) is 13.8 Å². The second-order valence-corrected chi connectivity index (χ2v) is 3.53. The fourth-order valence-corrected chi connectivity index (χ4v) is 1.26. The average molecular weight is 173 g/mol. The highest BCUT2D eigenvalue weighted by molar-refractivity contribution is 5.49. The lowest BCUT2D eigenvalue weighted by atomic mass is 10.0. The topological polar surface area (TPSA) is 49.8 Å². The molecule has 1 saturated heterocycles. The van der Waals surface area contributed by atoms with Crippen LogP contribution in [0, 0.1) is 0 Å². The summed E-state index contributed by atoms with van der Waals surface area (Å²) in [6.07, 6.45) is 0.838. The third kappa shape index (κ3) is 1.59. The molecule has 1 amide bonds. The van der Waals surface area contributed by atoms with E-state index in [1.165, 1.54) is 0 Å². The van der Waals surface area contributed by atoms with Crippen LogP contribution in [0.3, 0.4) is 0 Å². The quantitative estimate of drug-likeness (QED) is 0.579. The van der Waals surface area contributed by atoms with Crippen molar-refractivity contribution < 1.29 is 14.6 Å². The van der Waals surface area contributed by atoms with Crippen molar-refractivity contribution in [2.45, 2.75) is 25.5 Å². The number of carbonyl (C=O) groups excluding carboxylic acids is 1. The lowest BCUT2D eigenvalue weighted by Gasteiger charge is -2.43. The SMILES string of the molecule is CC1CN(C=O)C(C)(CO)CO1. The molecule has 1 rings (SSSR count). The van der Waals surface area contributed by atoms with E-state index >= 15 is 0 Å². The van der Waals surface area contributed by atoms with Gasteiger partial charge < -0.3 is 14.7 Å². The minimum atomic E-state index is -0.533. The molecule has 70 valence electrons. The molecule has 4 nitrogen and oxygen atoms in total. The zero-order chi connectivity index (χ0) is 9.19. The number of amides is 1. The number of morpholine rings is 1. The van der Waals surface area contributed by atoms with E-state index in [0.717, 1.165) is 6.41 Å². The Labute approximate surface area is 72.1 Å². The van der Waals surface area contributed by atoms with E-state index in [4.69, 9.17) is 9.84 Å². The number of hydrogen-bond acceptors (Lipinski definition) is 3. The number of carbonyl (C=O) groups is 1. The lowest BCUT2D eigenvalue weighted by Crippen LogP contribution is -2.58. The monoisotopic (exact) mass is 173 g/mol. The number of hydrogen-bond donors (Lipinski definition) is 1. The summed E-state index contributed by atoms with van der Waals surface area (Å²) in [4.78, 5) is 12.2. The molecule has 12 heavy (non-hydrogen) atoms. The molecule has 2 atom stereocenters. The fraction of sp³-hybridized carbons (Fsp3) is 0.875. The van der Waals surface area contributed by atoms with E-state index < -0.39 is 5.54 Å². The van der Waals surface area contributed by atoms with Crippen molar-refractivity contribution >= 4 is 6.41 Å². The van der Waals surface area contributed by atoms with E-state index in [2.05, 4.69) is 0 Å². The first-order chi connectivity index (χ1) is 5.62. The Balaban J connectivity index is 2.68. The standard InChI is InChI=1S/C8H15NO3/c1-7-3-9(6-11)8(2,4-10)5-12-7/h6-7,10H,3-5H2,1-2H3. The Morgan fingerprint density at radius 3 is 3.00 bits per heavy atom. The predicted octanol–water partition coefficient (Wildman–Crippen LogP) is -0.385. The first-order valence-corrected chi connectivity index (χ1v) is 4.07. The number of aliphatic hydroxyl groups is 1. The van der Waals surface area contributed by atoms with Gasteiger partial charge in [0.05, 0.1) is 24.9 Å². The van der Waals surface area contributed by atoms with Crippen LogP contribution in [0.25, 0.3) is 0 Å². The average Bonchev–Trinajstić information content (AvgIpc) is 2.09. The molecule has 0 saturated carbocycles. The van der Waals surface area contributed by atoms with E-state index in [1.54, 1.807) is 4.90 Å². The minimum absolute atomic E-state index is 0.0571. The molecule has 0 bridgehead atoms. The summed E-state index contributed by atoms with van der Waals surface area (Å²) < 4.78 is 5.36. The summed E-state index contributed by atoms with van der Waals surface area (Å²) in [6, 6.07) is 0. The molecule has 0 aliphatic carbocycles. The van der Waals surface area contributed by atoms with Gasteiger partial charge in [0.15, 0.2) is 0 Å². The molecule has 4 heteroatoms. The zero-order valence-electron chi connectivity index (χ0n) is 7.49. The predicted molar refractivity (Wildman–Crippen MR) is 43.7 cm³/mol. The van der Waals surface area contributed by atoms with E-state index in [-0.39, 0.29) is 12.7 Å². The number of rotatable bonds is 2. The van der Waals surface area contributed by atoms with Crippen LogP contribution >= 0.6 is 0 Å². The molecular weight excluding hydrogens is 158 g/mol. The van der Waals surface area contributed by atoms with Crippen molar-refractivity contribution in [1.82, 2.24) is 4.90 Å². The van der Waals surface area contributed by atoms with Crippen LogP contribution in [0.4, 0.5) is 0 Å². The summed E-state index contributed by atoms with van der Waals surface area (Å²) in [5, 5.41) is 9.06. The number of aliphatic hydroxyl groups excluding tert-OH is 1. The van der Waals surface area contributed by atoms with Crippen LogP contribution < -0.4 is 0 Å². The Kier molecular flexibility index (Phi) is 2.69. The van der Waals surface area contributed by atoms with E-state index in [1.807, 2.05) is 13.8 Å². The fourth-order valence-electron chi connectivity index (χ4n) is 1.26. The Bertz CT molecular complexity index is 174. The molecule has 0 aromatic heterocycles. The van der Waals surface area contributed by atoms with E-state index in [9.17, 15) is 4.79 Å². The first-order valence-electron chi connectivity index (χ1n) is 4.07. The molecule has 2 unspecified atom stereocenters. The highest BCUT2D eigenvalue weighted by atomic mass is 16.5. The van der Waals surface area contributed by atoms with Crippen LogP contribution in [-0.4, -0.2) is 47.8 Å². The van der Waals surface area contributed by atoms with Crippen LogP contribution in [0.2, 0.25) is 0 Å². The first kappa shape index (κ1) is 9.48. The summed E-state index contributed by atoms with van der Waals surface area (Å²) in [7, 11) is 0. The Hall–Kier alpha value is -0.610. The van der Waals surface area contributed by atoms with Gasteiger partial charge in [0, 0.05) is 6.54 Å². The highest BCUT2D eigenvalue weighted by Crippen LogP contribution is 2.19. The van der Waals surface area contributed by atoms with Gasteiger partial charge in [-0.25, -0.2) is 0 Å². The van der Waals surface area contributed by atoms with Crippen LogP contribution in [0.15, 0.2) is 0 Å². The van der Waals surface area contributed by atoms with Gasteiger partial charge in [-0.1, -0.05) is 0 Å². The van der Waals surface area contributed by atoms with Gasteiger partial charge in [0.1, 0.15) is 0 Å². The third-order valence-corrected chi connectivity index (χ3v) is 2.29. The molecule has 0 spiro atoms. The maximum atomic E-state index is 10.6. The van der Waals surface area contributed by atoms with Crippen molar-refractivity contribution in [2.24, 2.45) is 0 Å². The lowest BCUT2D eigenvalue weighted by molar-refractivity contribution is -0.146. The van der Waals surface area contributed by atoms with Crippen molar-refractivity contribution in [3.8, 4) is 0 Å². The third-order valence-electron chi connectivity index (χ3n) is 2.29. The molecule has 1 heterocycles. The van der Waals surface area contributed by atoms with Gasteiger partial charge in [-0.3, -0.25) is 4.79 Å². The highest BCUT2D eigenvalue weighted by Gasteiger charge is 2.36. The normalized spacial score (nSPS) is 36.6. The number of ether oxygens (including phenoxy) is 1. The van der Waals surface area contributed by atoms with Crippen molar-refractivity contribution in [2.75, 3.05) is 19.8 Å². The van der Waals surface area contributed by atoms with Gasteiger partial charge in [-0.2, -0.15) is 0 Å². The maximum Gasteiger partial charge on any atom is 0.210 e. The summed E-state index contributed by atoms with van der Waals surface area (Å²) >= 11 is 0. The molecule has 1 N–H and O–H groups in total. The zero-order valence-corrected chi connectivity index (χ0v) is 7.49. The second-order valence-electron chi connectivity index (χ2n) is 3.53. The van der Waals surface area contributed by atoms with Crippen LogP contribution in [-0.2, 0) is 9.53 Å². The molecule has 1 aliphatic heterocycles. The summed E-state index contributed by atoms with van der Waals surface area (Å²) in [5.41, 5.74) is -0.533. The summed E-state index contributed by atoms with van der Waals surface area (Å²) in [6.45, 7) is 4.63. The largest absolute Gasteiger partial charge is 0.394 e.